The number of esters is 1. The third-order valence-electron chi connectivity index (χ3n) is 3.74. The Labute approximate surface area is 148 Å². The zero-order chi connectivity index (χ0) is 18.1. The lowest BCUT2D eigenvalue weighted by molar-refractivity contribution is -0.131. The molecule has 2 rings (SSSR count). The lowest BCUT2D eigenvalue weighted by Crippen LogP contribution is -2.05. The number of carbonyl (C=O) groups is 2. The van der Waals surface area contributed by atoms with Crippen molar-refractivity contribution in [2.45, 2.75) is 39.5 Å². The molecule has 0 atom stereocenters. The second-order valence-corrected chi connectivity index (χ2v) is 5.88. The molecule has 0 fully saturated rings. The van der Waals surface area contributed by atoms with Crippen molar-refractivity contribution >= 4 is 11.8 Å². The zero-order valence-electron chi connectivity index (χ0n) is 14.8. The van der Waals surface area contributed by atoms with Gasteiger partial charge in [0.05, 0.1) is 6.61 Å². The molecule has 0 N–H and O–H groups in total. The summed E-state index contributed by atoms with van der Waals surface area (Å²) in [5.74, 6) is 0.598. The SMILES string of the molecule is CCCCCCOc1ccc(C(=O)c2cccc(OC(C)=O)c2)cc1. The van der Waals surface area contributed by atoms with E-state index in [1.165, 1.54) is 26.2 Å². The van der Waals surface area contributed by atoms with Gasteiger partial charge in [-0.3, -0.25) is 9.59 Å². The fraction of sp³-hybridized carbons (Fsp3) is 0.333. The first-order chi connectivity index (χ1) is 12.1. The Balaban J connectivity index is 1.97. The van der Waals surface area contributed by atoms with E-state index in [1.807, 2.05) is 12.1 Å². The first-order valence-electron chi connectivity index (χ1n) is 8.66. The summed E-state index contributed by atoms with van der Waals surface area (Å²) in [6, 6.07) is 13.7. The molecule has 4 heteroatoms. The van der Waals surface area contributed by atoms with Crippen LogP contribution in [-0.2, 0) is 4.79 Å². The molecule has 0 unspecified atom stereocenters. The van der Waals surface area contributed by atoms with Crippen LogP contribution < -0.4 is 9.47 Å². The lowest BCUT2D eigenvalue weighted by atomic mass is 10.0. The average Bonchev–Trinajstić information content (AvgIpc) is 2.61. The van der Waals surface area contributed by atoms with E-state index in [2.05, 4.69) is 6.92 Å². The fourth-order valence-corrected chi connectivity index (χ4v) is 2.45. The highest BCUT2D eigenvalue weighted by atomic mass is 16.5. The number of ether oxygens (including phenoxy) is 2. The van der Waals surface area contributed by atoms with Crippen LogP contribution in [0.1, 0.15) is 55.5 Å². The molecule has 0 radical (unpaired) electrons. The van der Waals surface area contributed by atoms with Gasteiger partial charge < -0.3 is 9.47 Å². The maximum Gasteiger partial charge on any atom is 0.308 e. The zero-order valence-corrected chi connectivity index (χ0v) is 14.8. The lowest BCUT2D eigenvalue weighted by Gasteiger charge is -2.08. The molecule has 0 aliphatic carbocycles. The van der Waals surface area contributed by atoms with E-state index in [0.29, 0.717) is 23.5 Å². The fourth-order valence-electron chi connectivity index (χ4n) is 2.45. The largest absolute Gasteiger partial charge is 0.494 e. The quantitative estimate of drug-likeness (QED) is 0.285. The Morgan fingerprint density at radius 3 is 2.32 bits per heavy atom. The van der Waals surface area contributed by atoms with Crippen LogP contribution in [0.25, 0.3) is 0 Å². The van der Waals surface area contributed by atoms with Gasteiger partial charge in [-0.25, -0.2) is 0 Å². The number of carbonyl (C=O) groups excluding carboxylic acids is 2. The molecule has 2 aromatic carbocycles. The maximum absolute atomic E-state index is 12.5. The van der Waals surface area contributed by atoms with E-state index in [-0.39, 0.29) is 5.78 Å². The topological polar surface area (TPSA) is 52.6 Å². The molecule has 2 aromatic rings. The standard InChI is InChI=1S/C21H24O4/c1-3-4-5-6-14-24-19-12-10-17(11-13-19)21(23)18-8-7-9-20(15-18)25-16(2)22/h7-13,15H,3-6,14H2,1-2H3. The second-order valence-electron chi connectivity index (χ2n) is 5.88. The molecule has 0 heterocycles. The Morgan fingerprint density at radius 2 is 1.64 bits per heavy atom. The number of benzene rings is 2. The first-order valence-corrected chi connectivity index (χ1v) is 8.66. The summed E-state index contributed by atoms with van der Waals surface area (Å²) in [6.45, 7) is 4.20. The van der Waals surface area contributed by atoms with Gasteiger partial charge in [-0.05, 0) is 42.8 Å². The molecular weight excluding hydrogens is 316 g/mol. The Morgan fingerprint density at radius 1 is 0.880 bits per heavy atom. The summed E-state index contributed by atoms with van der Waals surface area (Å²) < 4.78 is 10.7. The molecule has 0 aromatic heterocycles. The second kappa shape index (κ2) is 9.62. The number of hydrogen-bond donors (Lipinski definition) is 0. The van der Waals surface area contributed by atoms with Gasteiger partial charge in [0.15, 0.2) is 5.78 Å². The first kappa shape index (κ1) is 18.7. The molecule has 0 saturated heterocycles. The van der Waals surface area contributed by atoms with Crippen molar-refractivity contribution in [1.82, 2.24) is 0 Å². The monoisotopic (exact) mass is 340 g/mol. The van der Waals surface area contributed by atoms with Gasteiger partial charge >= 0.3 is 5.97 Å². The highest BCUT2D eigenvalue weighted by Crippen LogP contribution is 2.19. The summed E-state index contributed by atoms with van der Waals surface area (Å²) in [5, 5.41) is 0. The predicted molar refractivity (Wildman–Crippen MR) is 97.3 cm³/mol. The van der Waals surface area contributed by atoms with E-state index >= 15 is 0 Å². The van der Waals surface area contributed by atoms with Crippen LogP contribution in [0.5, 0.6) is 11.5 Å². The third kappa shape index (κ3) is 6.07. The third-order valence-corrected chi connectivity index (χ3v) is 3.74. The van der Waals surface area contributed by atoms with Gasteiger partial charge in [-0.1, -0.05) is 38.3 Å². The van der Waals surface area contributed by atoms with E-state index in [0.717, 1.165) is 12.2 Å². The van der Waals surface area contributed by atoms with Gasteiger partial charge in [0, 0.05) is 18.1 Å². The van der Waals surface area contributed by atoms with Crippen LogP contribution in [0.4, 0.5) is 0 Å². The minimum Gasteiger partial charge on any atom is -0.494 e. The summed E-state index contributed by atoms with van der Waals surface area (Å²) in [7, 11) is 0. The molecule has 0 aliphatic rings. The summed E-state index contributed by atoms with van der Waals surface area (Å²) in [4.78, 5) is 23.6. The highest BCUT2D eigenvalue weighted by molar-refractivity contribution is 6.09. The molecule has 4 nitrogen and oxygen atoms in total. The Hall–Kier alpha value is -2.62. The van der Waals surface area contributed by atoms with Crippen LogP contribution in [0, 0.1) is 0 Å². The highest BCUT2D eigenvalue weighted by Gasteiger charge is 2.11. The number of ketones is 1. The van der Waals surface area contributed by atoms with Crippen molar-refractivity contribution < 1.29 is 19.1 Å². The van der Waals surface area contributed by atoms with Crippen LogP contribution in [-0.4, -0.2) is 18.4 Å². The number of rotatable bonds is 9. The van der Waals surface area contributed by atoms with Gasteiger partial charge in [0.25, 0.3) is 0 Å². The van der Waals surface area contributed by atoms with Gasteiger partial charge in [-0.2, -0.15) is 0 Å². The number of unbranched alkanes of at least 4 members (excludes halogenated alkanes) is 3. The Kier molecular flexibility index (Phi) is 7.20. The molecule has 0 amide bonds. The van der Waals surface area contributed by atoms with Crippen molar-refractivity contribution in [3.63, 3.8) is 0 Å². The molecule has 0 saturated carbocycles. The van der Waals surface area contributed by atoms with E-state index in [9.17, 15) is 9.59 Å². The predicted octanol–water partition coefficient (Wildman–Crippen LogP) is 4.80. The normalized spacial score (nSPS) is 10.3. The molecular formula is C21H24O4. The van der Waals surface area contributed by atoms with Crippen molar-refractivity contribution in [1.29, 1.82) is 0 Å². The molecule has 0 aliphatic heterocycles. The van der Waals surface area contributed by atoms with Gasteiger partial charge in [0.2, 0.25) is 0 Å². The number of hydrogen-bond acceptors (Lipinski definition) is 4. The van der Waals surface area contributed by atoms with Gasteiger partial charge in [-0.15, -0.1) is 0 Å². The minimum absolute atomic E-state index is 0.122. The van der Waals surface area contributed by atoms with E-state index < -0.39 is 5.97 Å². The summed E-state index contributed by atoms with van der Waals surface area (Å²) in [5.41, 5.74) is 1.05. The van der Waals surface area contributed by atoms with Crippen molar-refractivity contribution in [3.8, 4) is 11.5 Å². The molecule has 25 heavy (non-hydrogen) atoms. The van der Waals surface area contributed by atoms with Crippen LogP contribution >= 0.6 is 0 Å². The summed E-state index contributed by atoms with van der Waals surface area (Å²) in [6.07, 6.45) is 4.64. The maximum atomic E-state index is 12.5. The minimum atomic E-state index is -0.412. The van der Waals surface area contributed by atoms with Crippen molar-refractivity contribution in [2.24, 2.45) is 0 Å². The molecule has 0 spiro atoms. The van der Waals surface area contributed by atoms with Crippen molar-refractivity contribution in [2.75, 3.05) is 6.61 Å². The molecule has 132 valence electrons. The van der Waals surface area contributed by atoms with E-state index in [4.69, 9.17) is 9.47 Å². The average molecular weight is 340 g/mol. The van der Waals surface area contributed by atoms with E-state index in [1.54, 1.807) is 36.4 Å². The van der Waals surface area contributed by atoms with Crippen LogP contribution in [0.15, 0.2) is 48.5 Å². The van der Waals surface area contributed by atoms with Gasteiger partial charge in [0.1, 0.15) is 11.5 Å². The van der Waals surface area contributed by atoms with Crippen LogP contribution in [0.3, 0.4) is 0 Å². The van der Waals surface area contributed by atoms with Crippen molar-refractivity contribution in [3.05, 3.63) is 59.7 Å². The van der Waals surface area contributed by atoms with Crippen LogP contribution in [0.2, 0.25) is 0 Å². The molecule has 0 bridgehead atoms. The smallest absolute Gasteiger partial charge is 0.308 e. The Bertz CT molecular complexity index is 704. The summed E-state index contributed by atoms with van der Waals surface area (Å²) >= 11 is 0.